The number of nitrogens with two attached hydrogens (primary N) is 1. The molecule has 1 heterocycles. The average Bonchev–Trinajstić information content (AvgIpc) is 3.10. The van der Waals surface area contributed by atoms with Gasteiger partial charge in [0.15, 0.2) is 5.82 Å². The molecule has 1 amide bonds. The van der Waals surface area contributed by atoms with E-state index in [-0.39, 0.29) is 24.4 Å². The zero-order valence-electron chi connectivity index (χ0n) is 16.1. The van der Waals surface area contributed by atoms with Crippen molar-refractivity contribution in [3.8, 4) is 11.4 Å². The van der Waals surface area contributed by atoms with Crippen LogP contribution in [0.4, 0.5) is 5.69 Å². The lowest BCUT2D eigenvalue weighted by Crippen LogP contribution is -2.74. The number of rotatable bonds is 6. The van der Waals surface area contributed by atoms with Crippen LogP contribution in [0.1, 0.15) is 34.1 Å². The first-order chi connectivity index (χ1) is 12.3. The minimum atomic E-state index is -0.964. The van der Waals surface area contributed by atoms with Crippen LogP contribution in [-0.2, 0) is 16.1 Å². The first-order valence-corrected chi connectivity index (χ1v) is 8.92. The van der Waals surface area contributed by atoms with Gasteiger partial charge in [-0.25, -0.2) is 4.68 Å². The molecule has 1 aliphatic rings. The normalized spacial score (nSPS) is 23.2. The van der Waals surface area contributed by atoms with Gasteiger partial charge in [-0.1, -0.05) is 26.0 Å². The molecule has 1 aromatic carbocycles. The molecular formula is C18H27ClN6O2. The summed E-state index contributed by atoms with van der Waals surface area (Å²) in [6.45, 7) is 9.14. The third-order valence-corrected chi connectivity index (χ3v) is 5.45. The highest BCUT2D eigenvalue weighted by molar-refractivity contribution is 6.00. The molecule has 1 saturated carbocycles. The largest absolute Gasteiger partial charge is 0.378 e. The number of carbonyl (C=O) groups is 1. The fourth-order valence-corrected chi connectivity index (χ4v) is 3.42. The number of benzene rings is 1. The maximum Gasteiger partial charge on any atom is 0.245 e. The van der Waals surface area contributed by atoms with Gasteiger partial charge in [0.1, 0.15) is 5.54 Å². The lowest BCUT2D eigenvalue weighted by atomic mass is 9.54. The molecule has 2 atom stereocenters. The van der Waals surface area contributed by atoms with E-state index < -0.39 is 11.0 Å². The van der Waals surface area contributed by atoms with Crippen LogP contribution in [0.5, 0.6) is 0 Å². The van der Waals surface area contributed by atoms with Gasteiger partial charge in [0.2, 0.25) is 5.91 Å². The maximum atomic E-state index is 12.9. The second-order valence-corrected chi connectivity index (χ2v) is 7.19. The Hall–Kier alpha value is -2.03. The molecule has 1 fully saturated rings. The summed E-state index contributed by atoms with van der Waals surface area (Å²) in [5.74, 6) is 0.456. The lowest BCUT2D eigenvalue weighted by Gasteiger charge is -2.57. The first-order valence-electron chi connectivity index (χ1n) is 8.92. The van der Waals surface area contributed by atoms with Crippen LogP contribution in [0.25, 0.3) is 11.4 Å². The fourth-order valence-electron chi connectivity index (χ4n) is 3.42. The minimum absolute atomic E-state index is 0. The van der Waals surface area contributed by atoms with Crippen molar-refractivity contribution in [2.45, 2.75) is 52.3 Å². The SMILES string of the molecule is CCOC1CC(N)(C(=O)Nc2cccc(-c3nnnn3CC)c2)C1(C)C.Cl. The summed E-state index contributed by atoms with van der Waals surface area (Å²) in [7, 11) is 0. The lowest BCUT2D eigenvalue weighted by molar-refractivity contribution is -0.166. The molecule has 9 heteroatoms. The molecule has 3 rings (SSSR count). The third kappa shape index (κ3) is 3.56. The van der Waals surface area contributed by atoms with Gasteiger partial charge >= 0.3 is 0 Å². The van der Waals surface area contributed by atoms with Crippen molar-refractivity contribution in [2.24, 2.45) is 11.1 Å². The molecule has 8 nitrogen and oxygen atoms in total. The van der Waals surface area contributed by atoms with Gasteiger partial charge in [-0.05, 0) is 36.4 Å². The second-order valence-electron chi connectivity index (χ2n) is 7.19. The standard InChI is InChI=1S/C18H26N6O2.ClH/c1-5-24-15(21-22-23-24)12-8-7-9-13(10-12)20-16(25)18(19)11-14(26-6-2)17(18,3)4;/h7-10,14H,5-6,11,19H2,1-4H3,(H,20,25);1H. The van der Waals surface area contributed by atoms with Gasteiger partial charge in [-0.15, -0.1) is 17.5 Å². The third-order valence-electron chi connectivity index (χ3n) is 5.45. The number of amides is 1. The number of halogens is 1. The number of aryl methyl sites for hydroxylation is 1. The molecule has 1 aromatic heterocycles. The van der Waals surface area contributed by atoms with Gasteiger partial charge in [-0.3, -0.25) is 4.79 Å². The molecule has 3 N–H and O–H groups in total. The van der Waals surface area contributed by atoms with Crippen molar-refractivity contribution in [1.29, 1.82) is 0 Å². The van der Waals surface area contributed by atoms with Gasteiger partial charge in [0.25, 0.3) is 0 Å². The quantitative estimate of drug-likeness (QED) is 0.777. The monoisotopic (exact) mass is 394 g/mol. The van der Waals surface area contributed by atoms with Crippen LogP contribution in [-0.4, -0.2) is 44.4 Å². The number of anilines is 1. The Balaban J connectivity index is 0.00000261. The average molecular weight is 395 g/mol. The van der Waals surface area contributed by atoms with Gasteiger partial charge in [0, 0.05) is 36.2 Å². The Morgan fingerprint density at radius 3 is 2.78 bits per heavy atom. The number of hydrogen-bond donors (Lipinski definition) is 2. The number of hydrogen-bond acceptors (Lipinski definition) is 6. The predicted molar refractivity (Wildman–Crippen MR) is 106 cm³/mol. The van der Waals surface area contributed by atoms with Crippen molar-refractivity contribution >= 4 is 24.0 Å². The second kappa shape index (κ2) is 7.92. The summed E-state index contributed by atoms with van der Waals surface area (Å²) >= 11 is 0. The number of carbonyl (C=O) groups excluding carboxylic acids is 1. The van der Waals surface area contributed by atoms with Gasteiger partial charge in [-0.2, -0.15) is 0 Å². The number of aromatic nitrogens is 4. The van der Waals surface area contributed by atoms with Gasteiger partial charge < -0.3 is 15.8 Å². The van der Waals surface area contributed by atoms with Crippen LogP contribution in [0.2, 0.25) is 0 Å². The van der Waals surface area contributed by atoms with Crippen molar-refractivity contribution in [3.63, 3.8) is 0 Å². The summed E-state index contributed by atoms with van der Waals surface area (Å²) in [6, 6.07) is 7.45. The molecule has 0 spiro atoms. The van der Waals surface area contributed by atoms with Crippen LogP contribution in [0.3, 0.4) is 0 Å². The number of nitrogens with one attached hydrogen (secondary N) is 1. The van der Waals surface area contributed by atoms with Crippen molar-refractivity contribution in [2.75, 3.05) is 11.9 Å². The van der Waals surface area contributed by atoms with Crippen LogP contribution < -0.4 is 11.1 Å². The summed E-state index contributed by atoms with van der Waals surface area (Å²) in [5.41, 5.74) is 6.54. The predicted octanol–water partition coefficient (Wildman–Crippen LogP) is 2.25. The van der Waals surface area contributed by atoms with E-state index in [1.54, 1.807) is 4.68 Å². The summed E-state index contributed by atoms with van der Waals surface area (Å²) in [5, 5.41) is 14.7. The van der Waals surface area contributed by atoms with Crippen LogP contribution >= 0.6 is 12.4 Å². The zero-order valence-corrected chi connectivity index (χ0v) is 16.9. The van der Waals surface area contributed by atoms with E-state index in [9.17, 15) is 4.79 Å². The minimum Gasteiger partial charge on any atom is -0.378 e. The topological polar surface area (TPSA) is 108 Å². The fraction of sp³-hybridized carbons (Fsp3) is 0.556. The molecule has 2 aromatic rings. The maximum absolute atomic E-state index is 12.9. The highest BCUT2D eigenvalue weighted by atomic mass is 35.5. The Kier molecular flexibility index (Phi) is 6.24. The Bertz CT molecular complexity index is 809. The number of nitrogens with zero attached hydrogens (tertiary/aromatic N) is 4. The van der Waals surface area contributed by atoms with Crippen LogP contribution in [0, 0.1) is 5.41 Å². The smallest absolute Gasteiger partial charge is 0.245 e. The van der Waals surface area contributed by atoms with E-state index in [2.05, 4.69) is 20.8 Å². The highest BCUT2D eigenvalue weighted by Gasteiger charge is 2.62. The summed E-state index contributed by atoms with van der Waals surface area (Å²) in [6.07, 6.45) is 0.497. The van der Waals surface area contributed by atoms with Crippen molar-refractivity contribution in [1.82, 2.24) is 20.2 Å². The van der Waals surface area contributed by atoms with E-state index in [1.807, 2.05) is 52.0 Å². The molecule has 148 valence electrons. The zero-order chi connectivity index (χ0) is 18.9. The molecule has 0 aliphatic heterocycles. The Morgan fingerprint density at radius 2 is 2.15 bits per heavy atom. The highest BCUT2D eigenvalue weighted by Crippen LogP contribution is 2.50. The molecule has 0 radical (unpaired) electrons. The summed E-state index contributed by atoms with van der Waals surface area (Å²) < 4.78 is 7.40. The van der Waals surface area contributed by atoms with E-state index >= 15 is 0 Å². The molecule has 27 heavy (non-hydrogen) atoms. The molecular weight excluding hydrogens is 368 g/mol. The molecule has 0 saturated heterocycles. The number of ether oxygens (including phenoxy) is 1. The summed E-state index contributed by atoms with van der Waals surface area (Å²) in [4.78, 5) is 12.9. The first kappa shape index (κ1) is 21.3. The molecule has 2 unspecified atom stereocenters. The Morgan fingerprint density at radius 1 is 1.41 bits per heavy atom. The van der Waals surface area contributed by atoms with Gasteiger partial charge in [0.05, 0.1) is 6.10 Å². The van der Waals surface area contributed by atoms with Crippen molar-refractivity contribution < 1.29 is 9.53 Å². The van der Waals surface area contributed by atoms with Crippen LogP contribution in [0.15, 0.2) is 24.3 Å². The van der Waals surface area contributed by atoms with E-state index in [1.165, 1.54) is 0 Å². The Labute approximate surface area is 165 Å². The van der Waals surface area contributed by atoms with E-state index in [0.717, 1.165) is 5.56 Å². The van der Waals surface area contributed by atoms with E-state index in [4.69, 9.17) is 10.5 Å². The molecule has 1 aliphatic carbocycles. The number of tetrazole rings is 1. The molecule has 0 bridgehead atoms. The van der Waals surface area contributed by atoms with E-state index in [0.29, 0.717) is 31.1 Å². The van der Waals surface area contributed by atoms with Crippen molar-refractivity contribution in [3.05, 3.63) is 24.3 Å².